The van der Waals surface area contributed by atoms with Crippen molar-refractivity contribution in [2.24, 2.45) is 0 Å². The number of fused-ring (bicyclic) bond motifs is 4. The fourth-order valence-corrected chi connectivity index (χ4v) is 8.77. The second kappa shape index (κ2) is 50.3. The van der Waals surface area contributed by atoms with Gasteiger partial charge >= 0.3 is 103 Å². The summed E-state index contributed by atoms with van der Waals surface area (Å²) >= 11 is 6.71. The van der Waals surface area contributed by atoms with Crippen LogP contribution in [0.25, 0.3) is 43.1 Å². The SMILES string of the molecule is BrCc1ccccc1.BrCc1ccccc1.Cc1cccc2c(=O)[nH]ccc12.Cc1cccc2c(=O)[nH]ncc12.Cc1cccc2c(OCc3ccccc3)nccc12.Cc1cccc2c(OCc3ccccc3)nncc12.O=CO[O-].O=CO[O-].[K+].[K+].[K].[K]. The van der Waals surface area contributed by atoms with Crippen LogP contribution in [0.2, 0.25) is 0 Å². The van der Waals surface area contributed by atoms with Gasteiger partial charge in [-0.25, -0.2) is 10.1 Å². The number of carbonyl (C=O) groups is 2. The van der Waals surface area contributed by atoms with Gasteiger partial charge in [-0.15, -0.1) is 5.10 Å². The number of halogens is 2. The summed E-state index contributed by atoms with van der Waals surface area (Å²) in [7, 11) is 0. The number of hydrogen-bond donors (Lipinski definition) is 2. The number of benzene rings is 8. The number of pyridine rings is 2. The van der Waals surface area contributed by atoms with E-state index in [9.17, 15) is 9.59 Å². The summed E-state index contributed by atoms with van der Waals surface area (Å²) in [6.45, 7) is 8.81. The van der Waals surface area contributed by atoms with Crippen LogP contribution in [0.3, 0.4) is 0 Å². The van der Waals surface area contributed by atoms with Gasteiger partial charge < -0.3 is 34.7 Å². The van der Waals surface area contributed by atoms with Crippen LogP contribution >= 0.6 is 31.9 Å². The minimum Gasteiger partial charge on any atom is -0.662 e. The molecule has 0 atom stereocenters. The zero-order valence-corrected chi connectivity index (χ0v) is 67.2. The van der Waals surface area contributed by atoms with Crippen LogP contribution in [0, 0.1) is 27.7 Å². The maximum Gasteiger partial charge on any atom is 1.00 e. The van der Waals surface area contributed by atoms with E-state index in [0.717, 1.165) is 65.2 Å². The van der Waals surface area contributed by atoms with Crippen LogP contribution in [0.15, 0.2) is 241 Å². The summed E-state index contributed by atoms with van der Waals surface area (Å²) in [6, 6.07) is 68.3. The first-order valence-electron chi connectivity index (χ1n) is 26.5. The Morgan fingerprint density at radius 1 is 0.433 bits per heavy atom. The molecule has 2 N–H and O–H groups in total. The van der Waals surface area contributed by atoms with Crippen LogP contribution in [0.4, 0.5) is 0 Å². The third-order valence-corrected chi connectivity index (χ3v) is 13.6. The molecule has 0 aliphatic heterocycles. The van der Waals surface area contributed by atoms with Gasteiger partial charge in [-0.3, -0.25) is 19.2 Å². The van der Waals surface area contributed by atoms with Gasteiger partial charge in [0.15, 0.2) is 0 Å². The summed E-state index contributed by atoms with van der Waals surface area (Å²) in [5.74, 6) is 1.29. The van der Waals surface area contributed by atoms with Crippen LogP contribution in [0.1, 0.15) is 44.5 Å². The molecule has 22 heteroatoms. The molecule has 4 aromatic heterocycles. The molecule has 12 aromatic rings. The van der Waals surface area contributed by atoms with E-state index in [0.29, 0.717) is 30.4 Å². The zero-order valence-electron chi connectivity index (χ0n) is 51.5. The number of carbonyl (C=O) groups excluding carboxylic acids is 2. The minimum absolute atomic E-state index is 0. The molecule has 2 radical (unpaired) electrons. The molecular weight excluding hydrogens is 1380 g/mol. The molecule has 90 heavy (non-hydrogen) atoms. The molecule has 0 aliphatic carbocycles. The quantitative estimate of drug-likeness (QED) is 0.0527. The Balaban J connectivity index is 0.000000535. The smallest absolute Gasteiger partial charge is 0.662 e. The Hall–Kier alpha value is -3.17. The number of aromatic nitrogens is 6. The number of rotatable bonds is 10. The molecule has 0 fully saturated rings. The summed E-state index contributed by atoms with van der Waals surface area (Å²) in [5.41, 5.74) is 9.40. The average Bonchev–Trinajstić information content (AvgIpc) is 2.51. The van der Waals surface area contributed by atoms with Crippen LogP contribution < -0.4 is 134 Å². The Labute approximate surface area is 709 Å². The molecule has 8 aromatic carbocycles. The maximum absolute atomic E-state index is 11.3. The number of aromatic amines is 2. The Bertz CT molecular complexity index is 3810. The second-order valence-electron chi connectivity index (χ2n) is 18.2. The van der Waals surface area contributed by atoms with Crippen molar-refractivity contribution in [2.45, 2.75) is 51.6 Å². The van der Waals surface area contributed by atoms with E-state index < -0.39 is 0 Å². The zero-order chi connectivity index (χ0) is 61.7. The number of nitrogens with zero attached hydrogens (tertiary/aromatic N) is 4. The van der Waals surface area contributed by atoms with E-state index in [-0.39, 0.29) is 230 Å². The molecule has 12 rings (SSSR count). The summed E-state index contributed by atoms with van der Waals surface area (Å²) in [6.07, 6.45) is 6.93. The summed E-state index contributed by atoms with van der Waals surface area (Å²) in [5, 5.41) is 40.8. The largest absolute Gasteiger partial charge is 1.00 e. The number of aryl methyl sites for hydroxylation is 4. The number of ether oxygens (including phenoxy) is 2. The van der Waals surface area contributed by atoms with Crippen molar-refractivity contribution in [1.82, 2.24) is 30.4 Å². The molecule has 0 saturated carbocycles. The molecule has 4 heterocycles. The Kier molecular flexibility index (Phi) is 47.4. The van der Waals surface area contributed by atoms with Gasteiger partial charge in [0.05, 0.1) is 17.8 Å². The van der Waals surface area contributed by atoms with Gasteiger partial charge in [-0.2, -0.15) is 10.2 Å². The topological polar surface area (TPSA) is 234 Å². The first-order chi connectivity index (χ1) is 42.0. The van der Waals surface area contributed by atoms with Crippen molar-refractivity contribution in [1.29, 1.82) is 0 Å². The standard InChI is InChI=1S/C17H15NO.C16H14N2O.C10H9NO.C9H8N2O.2C7H7Br.2CH2O3.4K/c1-13-6-5-9-16-15(13)10-11-18-17(16)19-12-14-7-3-2-4-8-14;1-12-6-5-9-14-15(12)10-17-18-16(14)19-11-13-7-3-2-4-8-13;1-7-3-2-4-9-8(7)5-6-11-10(9)12;1-6-3-2-4-7-8(6)5-10-11-9(7)12;2*8-6-7-4-2-1-3-5-7;2*2-1-4-3;;;;/h2-11H,12H2,1H3;2-10H,11H2,1H3;2-6H,1H3,(H,11,12);2-5H,1H3,(H,11,12);2*1-5H,6H2;2*1,3H;;;;/q;;;;;;;;;;2*+1/p-2. The van der Waals surface area contributed by atoms with E-state index in [1.165, 1.54) is 27.6 Å². The van der Waals surface area contributed by atoms with Gasteiger partial charge in [0.1, 0.15) is 13.2 Å². The van der Waals surface area contributed by atoms with E-state index in [4.69, 9.17) is 29.6 Å². The normalized spacial score (nSPS) is 9.33. The van der Waals surface area contributed by atoms with Crippen molar-refractivity contribution < 1.29 is 142 Å². The Morgan fingerprint density at radius 2 is 0.800 bits per heavy atom. The molecule has 0 aliphatic rings. The van der Waals surface area contributed by atoms with Crippen LogP contribution in [-0.2, 0) is 43.2 Å². The van der Waals surface area contributed by atoms with Gasteiger partial charge in [0.2, 0.25) is 11.8 Å². The van der Waals surface area contributed by atoms with E-state index in [1.807, 2.05) is 159 Å². The van der Waals surface area contributed by atoms with Crippen molar-refractivity contribution in [3.05, 3.63) is 296 Å². The average molecular weight is 1440 g/mol. The molecule has 0 bridgehead atoms. The molecule has 442 valence electrons. The molecule has 0 amide bonds. The van der Waals surface area contributed by atoms with Crippen LogP contribution in [0.5, 0.6) is 11.8 Å². The molecule has 0 spiro atoms. The molecular formula is C68H62Br2K4N6O10. The predicted octanol–water partition coefficient (Wildman–Crippen LogP) is 5.99. The molecule has 0 unspecified atom stereocenters. The Morgan fingerprint density at radius 3 is 1.20 bits per heavy atom. The molecule has 16 nitrogen and oxygen atoms in total. The van der Waals surface area contributed by atoms with Gasteiger partial charge in [-0.05, 0) is 119 Å². The fourth-order valence-electron chi connectivity index (χ4n) is 8.02. The fraction of sp³-hybridized carbons (Fsp3) is 0.118. The second-order valence-corrected chi connectivity index (χ2v) is 19.3. The van der Waals surface area contributed by atoms with Crippen molar-refractivity contribution >= 4 is 191 Å². The number of hydrogen-bond acceptors (Lipinski definition) is 14. The first kappa shape index (κ1) is 84.8. The van der Waals surface area contributed by atoms with Crippen LogP contribution in [-0.4, -0.2) is 146 Å². The first-order valence-corrected chi connectivity index (χ1v) is 28.7. The van der Waals surface area contributed by atoms with E-state index in [2.05, 4.69) is 140 Å². The number of nitrogens with one attached hydrogen (secondary N) is 2. The molecule has 0 saturated heterocycles. The minimum atomic E-state index is -0.181. The van der Waals surface area contributed by atoms with Gasteiger partial charge in [-0.1, -0.05) is 202 Å². The summed E-state index contributed by atoms with van der Waals surface area (Å²) < 4.78 is 11.6. The van der Waals surface area contributed by atoms with Gasteiger partial charge in [0.25, 0.3) is 24.1 Å². The maximum atomic E-state index is 11.3. The monoisotopic (exact) mass is 1440 g/mol. The summed E-state index contributed by atoms with van der Waals surface area (Å²) in [4.78, 5) is 52.0. The predicted molar refractivity (Wildman–Crippen MR) is 353 cm³/mol. The van der Waals surface area contributed by atoms with Crippen molar-refractivity contribution in [2.75, 3.05) is 0 Å². The third kappa shape index (κ3) is 30.1. The van der Waals surface area contributed by atoms with Gasteiger partial charge in [0, 0.05) is 153 Å². The third-order valence-electron chi connectivity index (χ3n) is 12.3. The number of H-pyrrole nitrogens is 2. The van der Waals surface area contributed by atoms with Crippen molar-refractivity contribution in [3.63, 3.8) is 0 Å². The van der Waals surface area contributed by atoms with Crippen molar-refractivity contribution in [3.8, 4) is 11.8 Å². The number of alkyl halides is 2. The van der Waals surface area contributed by atoms with E-state index in [1.54, 1.807) is 30.9 Å². The van der Waals surface area contributed by atoms with E-state index >= 15 is 0 Å².